The van der Waals surface area contributed by atoms with Gasteiger partial charge in [-0.15, -0.1) is 0 Å². The lowest BCUT2D eigenvalue weighted by Crippen LogP contribution is -2.16. The zero-order valence-corrected chi connectivity index (χ0v) is 21.6. The predicted octanol–water partition coefficient (Wildman–Crippen LogP) is 5.67. The van der Waals surface area contributed by atoms with Crippen LogP contribution in [0, 0.1) is 18.6 Å². The van der Waals surface area contributed by atoms with Crippen LogP contribution in [-0.2, 0) is 10.0 Å². The molecule has 3 aromatic heterocycles. The maximum atomic E-state index is 15.5. The fraction of sp³-hybridized carbons (Fsp3) is 0.208. The molecule has 0 saturated heterocycles. The summed E-state index contributed by atoms with van der Waals surface area (Å²) >= 11 is 5.86. The SMILES string of the molecule is CC.COc1ncc(Cl)cc1S(=O)(=O)Nc1ccc(F)c(-c2ccc3c(C(C)=O)ncn3c2C)c1F. The number of methoxy groups -OCH3 is 1. The fourth-order valence-corrected chi connectivity index (χ4v) is 4.99. The normalized spacial score (nSPS) is 11.1. The van der Waals surface area contributed by atoms with E-state index in [1.165, 1.54) is 43.1 Å². The first kappa shape index (κ1) is 27.0. The highest BCUT2D eigenvalue weighted by Crippen LogP contribution is 2.35. The molecule has 8 nitrogen and oxygen atoms in total. The van der Waals surface area contributed by atoms with Crippen molar-refractivity contribution < 1.29 is 26.7 Å². The maximum Gasteiger partial charge on any atom is 0.267 e. The lowest BCUT2D eigenvalue weighted by atomic mass is 10.0. The number of anilines is 1. The van der Waals surface area contributed by atoms with Crippen molar-refractivity contribution in [1.82, 2.24) is 14.4 Å². The van der Waals surface area contributed by atoms with Crippen LogP contribution in [0.5, 0.6) is 5.88 Å². The van der Waals surface area contributed by atoms with Crippen LogP contribution in [0.15, 0.2) is 47.8 Å². The van der Waals surface area contributed by atoms with Gasteiger partial charge in [0.05, 0.1) is 28.9 Å². The van der Waals surface area contributed by atoms with Crippen molar-refractivity contribution in [2.24, 2.45) is 0 Å². The molecule has 0 aliphatic rings. The molecule has 0 aliphatic heterocycles. The summed E-state index contributed by atoms with van der Waals surface area (Å²) < 4.78 is 64.8. The molecule has 0 unspecified atom stereocenters. The first-order valence-corrected chi connectivity index (χ1v) is 12.6. The summed E-state index contributed by atoms with van der Waals surface area (Å²) in [5.74, 6) is -2.54. The van der Waals surface area contributed by atoms with Gasteiger partial charge in [0.25, 0.3) is 10.0 Å². The molecule has 1 aromatic carbocycles. The number of nitrogens with one attached hydrogen (secondary N) is 1. The van der Waals surface area contributed by atoms with E-state index in [0.717, 1.165) is 18.2 Å². The molecular formula is C24H23ClF2N4O4S. The van der Waals surface area contributed by atoms with Gasteiger partial charge < -0.3 is 9.14 Å². The van der Waals surface area contributed by atoms with E-state index in [2.05, 4.69) is 14.7 Å². The van der Waals surface area contributed by atoms with Crippen LogP contribution >= 0.6 is 11.6 Å². The molecule has 0 bridgehead atoms. The maximum absolute atomic E-state index is 15.5. The number of aryl methyl sites for hydroxylation is 1. The van der Waals surface area contributed by atoms with Crippen molar-refractivity contribution in [3.05, 3.63) is 70.9 Å². The minimum atomic E-state index is -4.40. The Balaban J connectivity index is 0.00000176. The molecule has 36 heavy (non-hydrogen) atoms. The van der Waals surface area contributed by atoms with Gasteiger partial charge in [0, 0.05) is 24.4 Å². The van der Waals surface area contributed by atoms with Gasteiger partial charge in [0.1, 0.15) is 17.8 Å². The van der Waals surface area contributed by atoms with Crippen molar-refractivity contribution in [1.29, 1.82) is 0 Å². The number of benzene rings is 1. The highest BCUT2D eigenvalue weighted by atomic mass is 35.5. The molecule has 0 fully saturated rings. The third kappa shape index (κ3) is 4.89. The number of imidazole rings is 1. The van der Waals surface area contributed by atoms with Crippen molar-refractivity contribution in [3.8, 4) is 17.0 Å². The second kappa shape index (κ2) is 10.6. The van der Waals surface area contributed by atoms with Crippen molar-refractivity contribution in [3.63, 3.8) is 0 Å². The van der Waals surface area contributed by atoms with Crippen LogP contribution in [0.1, 0.15) is 37.0 Å². The molecule has 12 heteroatoms. The quantitative estimate of drug-likeness (QED) is 0.318. The van der Waals surface area contributed by atoms with Gasteiger partial charge >= 0.3 is 0 Å². The topological polar surface area (TPSA) is 103 Å². The highest BCUT2D eigenvalue weighted by molar-refractivity contribution is 7.92. The number of aromatic nitrogens is 3. The van der Waals surface area contributed by atoms with Crippen molar-refractivity contribution >= 4 is 38.6 Å². The molecule has 4 aromatic rings. The lowest BCUT2D eigenvalue weighted by molar-refractivity contribution is 0.101. The Morgan fingerprint density at radius 2 is 1.83 bits per heavy atom. The molecule has 0 saturated carbocycles. The number of fused-ring (bicyclic) bond motifs is 1. The van der Waals surface area contributed by atoms with Gasteiger partial charge in [-0.3, -0.25) is 9.52 Å². The standard InChI is InChI=1S/C22H17ClF2N4O4S.C2H6/c1-11-14(4-7-17-21(12(2)30)27-10-29(11)17)19-15(24)5-6-16(20(19)25)28-34(31,32)18-8-13(23)9-26-22(18)33-3;1-2/h4-10,28H,1-3H3;1-2H3. The molecule has 0 aliphatic carbocycles. The van der Waals surface area contributed by atoms with Gasteiger partial charge in [-0.05, 0) is 31.2 Å². The van der Waals surface area contributed by atoms with Gasteiger partial charge in [0.2, 0.25) is 5.88 Å². The zero-order chi connectivity index (χ0) is 26.8. The molecule has 3 heterocycles. The number of Topliss-reactive ketones (excluding diaryl/α,β-unsaturated/α-hetero) is 1. The summed E-state index contributed by atoms with van der Waals surface area (Å²) in [7, 11) is -3.18. The number of ether oxygens (including phenoxy) is 1. The average molecular weight is 537 g/mol. The van der Waals surface area contributed by atoms with Crippen LogP contribution < -0.4 is 9.46 Å². The number of hydrogen-bond acceptors (Lipinski definition) is 6. The highest BCUT2D eigenvalue weighted by Gasteiger charge is 2.26. The van der Waals surface area contributed by atoms with E-state index in [-0.39, 0.29) is 27.9 Å². The Bertz CT molecular complexity index is 1570. The summed E-state index contributed by atoms with van der Waals surface area (Å²) in [4.78, 5) is 19.2. The number of rotatable bonds is 6. The summed E-state index contributed by atoms with van der Waals surface area (Å²) in [5.41, 5.74) is 0.309. The largest absolute Gasteiger partial charge is 0.480 e. The molecule has 0 spiro atoms. The number of pyridine rings is 2. The first-order valence-electron chi connectivity index (χ1n) is 10.7. The third-order valence-electron chi connectivity index (χ3n) is 5.17. The van der Waals surface area contributed by atoms with E-state index in [1.807, 2.05) is 13.8 Å². The predicted molar refractivity (Wildman–Crippen MR) is 133 cm³/mol. The van der Waals surface area contributed by atoms with Crippen molar-refractivity contribution in [2.45, 2.75) is 32.6 Å². The first-order chi connectivity index (χ1) is 17.0. The van der Waals surface area contributed by atoms with E-state index in [9.17, 15) is 17.6 Å². The second-order valence-electron chi connectivity index (χ2n) is 7.29. The molecule has 0 atom stereocenters. The third-order valence-corrected chi connectivity index (χ3v) is 6.74. The van der Waals surface area contributed by atoms with Gasteiger partial charge in [0.15, 0.2) is 16.5 Å². The number of nitrogens with zero attached hydrogens (tertiary/aromatic N) is 3. The Morgan fingerprint density at radius 3 is 2.47 bits per heavy atom. The zero-order valence-electron chi connectivity index (χ0n) is 20.1. The van der Waals surface area contributed by atoms with Gasteiger partial charge in [-0.25, -0.2) is 27.2 Å². The second-order valence-corrected chi connectivity index (χ2v) is 9.37. The van der Waals surface area contributed by atoms with E-state index < -0.39 is 37.8 Å². The van der Waals surface area contributed by atoms with Crippen LogP contribution in [0.2, 0.25) is 5.02 Å². The monoisotopic (exact) mass is 536 g/mol. The summed E-state index contributed by atoms with van der Waals surface area (Å²) in [5, 5.41) is 0.0237. The molecule has 1 N–H and O–H groups in total. The van der Waals surface area contributed by atoms with E-state index in [4.69, 9.17) is 16.3 Å². The number of carbonyl (C=O) groups excluding carboxylic acids is 1. The molecular weight excluding hydrogens is 514 g/mol. The van der Waals surface area contributed by atoms with Crippen LogP contribution in [0.3, 0.4) is 0 Å². The molecule has 0 amide bonds. The summed E-state index contributed by atoms with van der Waals surface area (Å²) in [6, 6.07) is 5.98. The fourth-order valence-electron chi connectivity index (χ4n) is 3.56. The van der Waals surface area contributed by atoms with E-state index in [1.54, 1.807) is 6.92 Å². The average Bonchev–Trinajstić information content (AvgIpc) is 3.29. The van der Waals surface area contributed by atoms with Gasteiger partial charge in [-0.1, -0.05) is 31.5 Å². The molecule has 4 rings (SSSR count). The number of sulfonamides is 1. The number of ketones is 1. The Hall–Kier alpha value is -3.57. The number of carbonyl (C=O) groups is 1. The van der Waals surface area contributed by atoms with Crippen LogP contribution in [0.4, 0.5) is 14.5 Å². The van der Waals surface area contributed by atoms with E-state index in [0.29, 0.717) is 11.2 Å². The minimum Gasteiger partial charge on any atom is -0.480 e. The minimum absolute atomic E-state index is 0.0237. The van der Waals surface area contributed by atoms with Crippen LogP contribution in [0.25, 0.3) is 16.6 Å². The van der Waals surface area contributed by atoms with E-state index >= 15 is 4.39 Å². The molecule has 190 valence electrons. The summed E-state index contributed by atoms with van der Waals surface area (Å²) in [6.45, 7) is 6.97. The Kier molecular flexibility index (Phi) is 7.95. The Labute approximate surface area is 212 Å². The summed E-state index contributed by atoms with van der Waals surface area (Å²) in [6.07, 6.45) is 2.58. The number of hydrogen-bond donors (Lipinski definition) is 1. The number of halogens is 3. The lowest BCUT2D eigenvalue weighted by Gasteiger charge is -2.15. The Morgan fingerprint density at radius 1 is 1.14 bits per heavy atom. The smallest absolute Gasteiger partial charge is 0.267 e. The molecule has 0 radical (unpaired) electrons. The van der Waals surface area contributed by atoms with Gasteiger partial charge in [-0.2, -0.15) is 0 Å². The van der Waals surface area contributed by atoms with Crippen molar-refractivity contribution in [2.75, 3.05) is 11.8 Å². The van der Waals surface area contributed by atoms with Crippen LogP contribution in [-0.4, -0.2) is 35.7 Å².